The van der Waals surface area contributed by atoms with Crippen molar-refractivity contribution in [2.45, 2.75) is 56.2 Å². The van der Waals surface area contributed by atoms with Crippen molar-refractivity contribution in [3.8, 4) is 0 Å². The number of aromatic nitrogens is 1. The number of ether oxygens (including phenoxy) is 1. The molecule has 0 unspecified atom stereocenters. The Kier molecular flexibility index (Phi) is 9.32. The SMILES string of the molecule is O=C(N[C@@H]1CCC[C@H]1OCc1ccccc1)N[C@](Cc1ccccc1)(c1cc(F)cc(C(F)(F)F)c1)c1ccc(Cl)cn1. The van der Waals surface area contributed by atoms with Gasteiger partial charge in [0.2, 0.25) is 0 Å². The Morgan fingerprint density at radius 1 is 0.907 bits per heavy atom. The number of hydrogen-bond acceptors (Lipinski definition) is 3. The fraction of sp³-hybridized carbons (Fsp3) is 0.273. The molecule has 3 atom stereocenters. The number of benzene rings is 3. The second-order valence-electron chi connectivity index (χ2n) is 10.6. The lowest BCUT2D eigenvalue weighted by atomic mass is 9.79. The van der Waals surface area contributed by atoms with Gasteiger partial charge in [-0.15, -0.1) is 0 Å². The smallest absolute Gasteiger partial charge is 0.371 e. The monoisotopic (exact) mass is 611 g/mol. The highest BCUT2D eigenvalue weighted by molar-refractivity contribution is 6.30. The van der Waals surface area contributed by atoms with Crippen molar-refractivity contribution >= 4 is 17.6 Å². The molecule has 2 amide bonds. The van der Waals surface area contributed by atoms with Crippen molar-refractivity contribution in [1.29, 1.82) is 0 Å². The molecule has 0 spiro atoms. The molecule has 2 N–H and O–H groups in total. The summed E-state index contributed by atoms with van der Waals surface area (Å²) in [4.78, 5) is 18.2. The minimum absolute atomic E-state index is 0.0186. The highest BCUT2D eigenvalue weighted by atomic mass is 35.5. The van der Waals surface area contributed by atoms with Crippen LogP contribution in [0.25, 0.3) is 0 Å². The average molecular weight is 612 g/mol. The molecule has 4 aromatic rings. The van der Waals surface area contributed by atoms with Crippen molar-refractivity contribution in [3.63, 3.8) is 0 Å². The molecule has 10 heteroatoms. The van der Waals surface area contributed by atoms with Gasteiger partial charge in [0.15, 0.2) is 0 Å². The number of nitrogens with one attached hydrogen (secondary N) is 2. The quantitative estimate of drug-likeness (QED) is 0.190. The normalized spacial score (nSPS) is 18.2. The molecule has 1 aliphatic carbocycles. The van der Waals surface area contributed by atoms with E-state index in [1.807, 2.05) is 30.3 Å². The molecule has 224 valence electrons. The van der Waals surface area contributed by atoms with Gasteiger partial charge in [-0.1, -0.05) is 72.3 Å². The molecular formula is C33H30ClF4N3O2. The highest BCUT2D eigenvalue weighted by Gasteiger charge is 2.42. The number of pyridine rings is 1. The van der Waals surface area contributed by atoms with Gasteiger partial charge < -0.3 is 15.4 Å². The number of carbonyl (C=O) groups is 1. The molecule has 1 saturated carbocycles. The summed E-state index contributed by atoms with van der Waals surface area (Å²) in [6, 6.07) is 22.9. The van der Waals surface area contributed by atoms with Crippen LogP contribution in [-0.4, -0.2) is 23.2 Å². The Balaban J connectivity index is 1.51. The van der Waals surface area contributed by atoms with Crippen molar-refractivity contribution < 1.29 is 27.1 Å². The summed E-state index contributed by atoms with van der Waals surface area (Å²) in [6.07, 6.45) is -1.52. The number of carbonyl (C=O) groups excluding carboxylic acids is 1. The molecule has 0 saturated heterocycles. The van der Waals surface area contributed by atoms with Crippen LogP contribution >= 0.6 is 11.6 Å². The standard InChI is InChI=1S/C33H30ClF4N3O2/c34-26-14-15-30(39-20-26)32(19-22-8-3-1-4-9-22,24-16-25(33(36,37)38)18-27(35)17-24)41-31(42)40-28-12-7-13-29(28)43-21-23-10-5-2-6-11-23/h1-6,8-11,14-18,20,28-29H,7,12-13,19,21H2,(H2,40,41,42)/t28-,29-,32-/m1/s1. The Hall–Kier alpha value is -3.95. The first kappa shape index (κ1) is 30.5. The van der Waals surface area contributed by atoms with E-state index < -0.39 is 29.1 Å². The molecule has 1 fully saturated rings. The van der Waals surface area contributed by atoms with Crippen molar-refractivity contribution in [1.82, 2.24) is 15.6 Å². The fourth-order valence-corrected chi connectivity index (χ4v) is 5.63. The van der Waals surface area contributed by atoms with Crippen molar-refractivity contribution in [2.75, 3.05) is 0 Å². The van der Waals surface area contributed by atoms with Crippen LogP contribution in [0.4, 0.5) is 22.4 Å². The lowest BCUT2D eigenvalue weighted by molar-refractivity contribution is -0.137. The van der Waals surface area contributed by atoms with Gasteiger partial charge in [0.1, 0.15) is 11.4 Å². The molecule has 0 bridgehead atoms. The van der Waals surface area contributed by atoms with E-state index in [1.165, 1.54) is 18.3 Å². The third-order valence-electron chi connectivity index (χ3n) is 7.60. The van der Waals surface area contributed by atoms with Crippen LogP contribution in [0.15, 0.2) is 97.2 Å². The molecule has 0 radical (unpaired) electrons. The van der Waals surface area contributed by atoms with E-state index in [9.17, 15) is 22.4 Å². The van der Waals surface area contributed by atoms with Gasteiger partial charge in [-0.3, -0.25) is 4.98 Å². The zero-order valence-corrected chi connectivity index (χ0v) is 23.8. The summed E-state index contributed by atoms with van der Waals surface area (Å²) in [5.41, 5.74) is -1.12. The van der Waals surface area contributed by atoms with E-state index in [-0.39, 0.29) is 29.8 Å². The van der Waals surface area contributed by atoms with Gasteiger partial charge in [0, 0.05) is 12.6 Å². The number of urea groups is 1. The van der Waals surface area contributed by atoms with Gasteiger partial charge in [-0.25, -0.2) is 9.18 Å². The Bertz CT molecular complexity index is 1520. The number of nitrogens with zero attached hydrogens (tertiary/aromatic N) is 1. The van der Waals surface area contributed by atoms with E-state index >= 15 is 0 Å². The number of alkyl halides is 3. The summed E-state index contributed by atoms with van der Waals surface area (Å²) in [5.74, 6) is -1.09. The number of halogens is 5. The zero-order chi connectivity index (χ0) is 30.5. The summed E-state index contributed by atoms with van der Waals surface area (Å²) >= 11 is 6.10. The van der Waals surface area contributed by atoms with Crippen LogP contribution in [-0.2, 0) is 29.5 Å². The first-order chi connectivity index (χ1) is 20.6. The lowest BCUT2D eigenvalue weighted by Crippen LogP contribution is -2.55. The van der Waals surface area contributed by atoms with Crippen molar-refractivity contribution in [3.05, 3.63) is 136 Å². The molecule has 1 aromatic heterocycles. The van der Waals surface area contributed by atoms with Gasteiger partial charge in [-0.05, 0) is 66.3 Å². The van der Waals surface area contributed by atoms with Crippen LogP contribution in [0.3, 0.4) is 0 Å². The maximum atomic E-state index is 14.9. The molecule has 5 rings (SSSR count). The summed E-state index contributed by atoms with van der Waals surface area (Å²) in [6.45, 7) is 0.376. The largest absolute Gasteiger partial charge is 0.416 e. The van der Waals surface area contributed by atoms with Crippen molar-refractivity contribution in [2.24, 2.45) is 0 Å². The number of hydrogen-bond donors (Lipinski definition) is 2. The summed E-state index contributed by atoms with van der Waals surface area (Å²) in [7, 11) is 0. The first-order valence-electron chi connectivity index (χ1n) is 13.9. The van der Waals surface area contributed by atoms with Crippen LogP contribution < -0.4 is 10.6 Å². The lowest BCUT2D eigenvalue weighted by Gasteiger charge is -2.36. The number of amides is 2. The average Bonchev–Trinajstić information content (AvgIpc) is 3.43. The summed E-state index contributed by atoms with van der Waals surface area (Å²) in [5, 5.41) is 6.18. The Morgan fingerprint density at radius 3 is 2.23 bits per heavy atom. The van der Waals surface area contributed by atoms with Crippen LogP contribution in [0, 0.1) is 5.82 Å². The van der Waals surface area contributed by atoms with Crippen LogP contribution in [0.2, 0.25) is 5.02 Å². The van der Waals surface area contributed by atoms with E-state index in [2.05, 4.69) is 15.6 Å². The third kappa shape index (κ3) is 7.53. The molecule has 43 heavy (non-hydrogen) atoms. The maximum absolute atomic E-state index is 14.9. The molecule has 0 aliphatic heterocycles. The highest BCUT2D eigenvalue weighted by Crippen LogP contribution is 2.38. The molecule has 1 heterocycles. The van der Waals surface area contributed by atoms with Crippen LogP contribution in [0.1, 0.15) is 47.2 Å². The molecule has 3 aromatic carbocycles. The van der Waals surface area contributed by atoms with Gasteiger partial charge in [0.05, 0.1) is 35.0 Å². The zero-order valence-electron chi connectivity index (χ0n) is 23.1. The summed E-state index contributed by atoms with van der Waals surface area (Å²) < 4.78 is 62.6. The van der Waals surface area contributed by atoms with E-state index in [0.717, 1.165) is 30.5 Å². The Morgan fingerprint density at radius 2 is 1.58 bits per heavy atom. The minimum atomic E-state index is -4.82. The third-order valence-corrected chi connectivity index (χ3v) is 7.82. The van der Waals surface area contributed by atoms with E-state index in [0.29, 0.717) is 29.7 Å². The topological polar surface area (TPSA) is 63.2 Å². The number of rotatable bonds is 9. The Labute approximate surface area is 252 Å². The second-order valence-corrected chi connectivity index (χ2v) is 11.1. The minimum Gasteiger partial charge on any atom is -0.371 e. The predicted octanol–water partition coefficient (Wildman–Crippen LogP) is 7.82. The fourth-order valence-electron chi connectivity index (χ4n) is 5.52. The van der Waals surface area contributed by atoms with Crippen LogP contribution in [0.5, 0.6) is 0 Å². The van der Waals surface area contributed by atoms with Gasteiger partial charge >= 0.3 is 12.2 Å². The predicted molar refractivity (Wildman–Crippen MR) is 156 cm³/mol. The second kappa shape index (κ2) is 13.1. The molecule has 5 nitrogen and oxygen atoms in total. The maximum Gasteiger partial charge on any atom is 0.416 e. The molecular weight excluding hydrogens is 582 g/mol. The first-order valence-corrected chi connectivity index (χ1v) is 14.3. The van der Waals surface area contributed by atoms with E-state index in [1.54, 1.807) is 30.3 Å². The van der Waals surface area contributed by atoms with Gasteiger partial charge in [0.25, 0.3) is 0 Å². The molecule has 1 aliphatic rings. The van der Waals surface area contributed by atoms with Gasteiger partial charge in [-0.2, -0.15) is 13.2 Å². The van der Waals surface area contributed by atoms with E-state index in [4.69, 9.17) is 16.3 Å².